The predicted octanol–water partition coefficient (Wildman–Crippen LogP) is 2.65. The Balaban J connectivity index is 2.08. The van der Waals surface area contributed by atoms with Gasteiger partial charge in [0.05, 0.1) is 5.56 Å². The van der Waals surface area contributed by atoms with Crippen LogP contribution in [-0.2, 0) is 0 Å². The smallest absolute Gasteiger partial charge is 0.339 e. The van der Waals surface area contributed by atoms with Gasteiger partial charge < -0.3 is 19.8 Å². The van der Waals surface area contributed by atoms with Gasteiger partial charge >= 0.3 is 5.97 Å². The SMILES string of the molecule is O=C(O)c1cc(-c2noc(-c3ccccc3F)n2)cc(O)c1O. The Bertz CT molecular complexity index is 907. The molecule has 8 heteroatoms. The van der Waals surface area contributed by atoms with Crippen LogP contribution >= 0.6 is 0 Å². The Hall–Kier alpha value is -3.42. The van der Waals surface area contributed by atoms with Crippen LogP contribution in [0.3, 0.4) is 0 Å². The molecule has 0 saturated heterocycles. The van der Waals surface area contributed by atoms with Crippen LogP contribution in [0.1, 0.15) is 10.4 Å². The zero-order valence-corrected chi connectivity index (χ0v) is 11.4. The molecular weight excluding hydrogens is 307 g/mol. The van der Waals surface area contributed by atoms with Crippen LogP contribution in [0.5, 0.6) is 11.5 Å². The van der Waals surface area contributed by atoms with Gasteiger partial charge in [0.2, 0.25) is 5.82 Å². The van der Waals surface area contributed by atoms with Crippen molar-refractivity contribution >= 4 is 5.97 Å². The fourth-order valence-corrected chi connectivity index (χ4v) is 2.00. The molecule has 0 fully saturated rings. The first-order valence-corrected chi connectivity index (χ1v) is 6.35. The van der Waals surface area contributed by atoms with E-state index in [2.05, 4.69) is 10.1 Å². The Labute approximate surface area is 128 Å². The molecule has 1 heterocycles. The second kappa shape index (κ2) is 5.41. The van der Waals surface area contributed by atoms with Crippen LogP contribution < -0.4 is 0 Å². The van der Waals surface area contributed by atoms with Crippen molar-refractivity contribution < 1.29 is 29.0 Å². The summed E-state index contributed by atoms with van der Waals surface area (Å²) in [5, 5.41) is 31.7. The Morgan fingerprint density at radius 2 is 1.91 bits per heavy atom. The Kier molecular flexibility index (Phi) is 3.41. The minimum atomic E-state index is -1.43. The number of carboxylic acid groups (broad SMARTS) is 1. The van der Waals surface area contributed by atoms with Gasteiger partial charge in [-0.05, 0) is 24.3 Å². The second-order valence-corrected chi connectivity index (χ2v) is 4.60. The molecule has 0 radical (unpaired) electrons. The van der Waals surface area contributed by atoms with Gasteiger partial charge in [-0.25, -0.2) is 9.18 Å². The summed E-state index contributed by atoms with van der Waals surface area (Å²) >= 11 is 0. The van der Waals surface area contributed by atoms with Crippen LogP contribution in [-0.4, -0.2) is 31.4 Å². The van der Waals surface area contributed by atoms with Gasteiger partial charge in [-0.2, -0.15) is 4.98 Å². The number of halogens is 1. The number of nitrogens with zero attached hydrogens (tertiary/aromatic N) is 2. The molecule has 116 valence electrons. The summed E-state index contributed by atoms with van der Waals surface area (Å²) in [4.78, 5) is 15.0. The van der Waals surface area contributed by atoms with E-state index in [9.17, 15) is 19.4 Å². The van der Waals surface area contributed by atoms with Crippen molar-refractivity contribution in [3.8, 4) is 34.3 Å². The van der Waals surface area contributed by atoms with E-state index < -0.39 is 28.8 Å². The molecule has 0 unspecified atom stereocenters. The highest BCUT2D eigenvalue weighted by atomic mass is 19.1. The summed E-state index contributed by atoms with van der Waals surface area (Å²) < 4.78 is 18.7. The molecule has 0 amide bonds. The van der Waals surface area contributed by atoms with E-state index in [1.807, 2.05) is 0 Å². The van der Waals surface area contributed by atoms with E-state index in [1.54, 1.807) is 6.07 Å². The quantitative estimate of drug-likeness (QED) is 0.636. The molecular formula is C15H9FN2O5. The van der Waals surface area contributed by atoms with Crippen LogP contribution in [0.4, 0.5) is 4.39 Å². The summed E-state index contributed by atoms with van der Waals surface area (Å²) in [6, 6.07) is 7.94. The highest BCUT2D eigenvalue weighted by molar-refractivity contribution is 5.93. The summed E-state index contributed by atoms with van der Waals surface area (Å²) in [7, 11) is 0. The second-order valence-electron chi connectivity index (χ2n) is 4.60. The standard InChI is InChI=1S/C15H9FN2O5/c16-10-4-2-1-3-8(10)14-17-13(18-23-14)7-5-9(15(21)22)12(20)11(19)6-7/h1-6,19-20H,(H,21,22). The number of phenolic OH excluding ortho intramolecular Hbond substituents is 1. The highest BCUT2D eigenvalue weighted by Gasteiger charge is 2.19. The van der Waals surface area contributed by atoms with E-state index in [-0.39, 0.29) is 22.8 Å². The van der Waals surface area contributed by atoms with Gasteiger partial charge in [-0.15, -0.1) is 0 Å². The zero-order valence-electron chi connectivity index (χ0n) is 11.4. The minimum Gasteiger partial charge on any atom is -0.504 e. The van der Waals surface area contributed by atoms with Gasteiger partial charge in [0.1, 0.15) is 11.4 Å². The number of hydrogen-bond donors (Lipinski definition) is 3. The largest absolute Gasteiger partial charge is 0.504 e. The number of hydrogen-bond acceptors (Lipinski definition) is 6. The summed E-state index contributed by atoms with van der Waals surface area (Å²) in [5.41, 5.74) is -0.325. The lowest BCUT2D eigenvalue weighted by Crippen LogP contribution is -1.98. The number of aromatic hydroxyl groups is 2. The van der Waals surface area contributed by atoms with Gasteiger partial charge in [-0.1, -0.05) is 17.3 Å². The van der Waals surface area contributed by atoms with Gasteiger partial charge in [0, 0.05) is 5.56 Å². The lowest BCUT2D eigenvalue weighted by Gasteiger charge is -2.04. The van der Waals surface area contributed by atoms with Gasteiger partial charge in [-0.3, -0.25) is 0 Å². The molecule has 3 aromatic rings. The molecule has 2 aromatic carbocycles. The summed E-state index contributed by atoms with van der Waals surface area (Å²) in [5.74, 6) is -3.54. The first kappa shape index (κ1) is 14.5. The van der Waals surface area contributed by atoms with E-state index in [4.69, 9.17) is 9.63 Å². The van der Waals surface area contributed by atoms with Crippen LogP contribution in [0.25, 0.3) is 22.8 Å². The first-order chi connectivity index (χ1) is 11.0. The van der Waals surface area contributed by atoms with E-state index in [0.717, 1.165) is 12.1 Å². The van der Waals surface area contributed by atoms with Crippen molar-refractivity contribution in [3.05, 3.63) is 47.8 Å². The van der Waals surface area contributed by atoms with Crippen LogP contribution in [0.2, 0.25) is 0 Å². The third-order valence-electron chi connectivity index (χ3n) is 3.11. The van der Waals surface area contributed by atoms with Crippen LogP contribution in [0.15, 0.2) is 40.9 Å². The number of aromatic carboxylic acids is 1. The van der Waals surface area contributed by atoms with Gasteiger partial charge in [0.15, 0.2) is 11.5 Å². The summed E-state index contributed by atoms with van der Waals surface area (Å²) in [6.07, 6.45) is 0. The van der Waals surface area contributed by atoms with Crippen molar-refractivity contribution in [2.24, 2.45) is 0 Å². The Morgan fingerprint density at radius 1 is 1.17 bits per heavy atom. The van der Waals surface area contributed by atoms with Crippen molar-refractivity contribution in [1.82, 2.24) is 10.1 Å². The third kappa shape index (κ3) is 2.57. The molecule has 3 rings (SSSR count). The molecule has 0 bridgehead atoms. The molecule has 3 N–H and O–H groups in total. The molecule has 0 aliphatic carbocycles. The lowest BCUT2D eigenvalue weighted by molar-refractivity contribution is 0.0693. The average molecular weight is 316 g/mol. The zero-order chi connectivity index (χ0) is 16.6. The predicted molar refractivity (Wildman–Crippen MR) is 75.4 cm³/mol. The number of carboxylic acids is 1. The highest BCUT2D eigenvalue weighted by Crippen LogP contribution is 2.34. The molecule has 0 atom stereocenters. The average Bonchev–Trinajstić information content (AvgIpc) is 2.99. The minimum absolute atomic E-state index is 0.0546. The van der Waals surface area contributed by atoms with E-state index in [1.165, 1.54) is 18.2 Å². The normalized spacial score (nSPS) is 10.7. The lowest BCUT2D eigenvalue weighted by atomic mass is 10.1. The maximum Gasteiger partial charge on any atom is 0.339 e. The molecule has 0 aliphatic heterocycles. The molecule has 23 heavy (non-hydrogen) atoms. The Morgan fingerprint density at radius 3 is 2.61 bits per heavy atom. The maximum absolute atomic E-state index is 13.7. The first-order valence-electron chi connectivity index (χ1n) is 6.35. The van der Waals surface area contributed by atoms with Crippen molar-refractivity contribution in [2.45, 2.75) is 0 Å². The number of phenols is 2. The van der Waals surface area contributed by atoms with Crippen LogP contribution in [0, 0.1) is 5.82 Å². The fourth-order valence-electron chi connectivity index (χ4n) is 2.00. The van der Waals surface area contributed by atoms with E-state index in [0.29, 0.717) is 0 Å². The van der Waals surface area contributed by atoms with Crippen molar-refractivity contribution in [3.63, 3.8) is 0 Å². The van der Waals surface area contributed by atoms with Crippen molar-refractivity contribution in [1.29, 1.82) is 0 Å². The summed E-state index contributed by atoms with van der Waals surface area (Å²) in [6.45, 7) is 0. The number of aromatic nitrogens is 2. The number of carbonyl (C=O) groups is 1. The molecule has 7 nitrogen and oxygen atoms in total. The third-order valence-corrected chi connectivity index (χ3v) is 3.11. The fraction of sp³-hybridized carbons (Fsp3) is 0. The monoisotopic (exact) mass is 316 g/mol. The molecule has 0 aliphatic rings. The maximum atomic E-state index is 13.7. The molecule has 1 aromatic heterocycles. The number of rotatable bonds is 3. The van der Waals surface area contributed by atoms with E-state index >= 15 is 0 Å². The topological polar surface area (TPSA) is 117 Å². The molecule has 0 saturated carbocycles. The molecule has 0 spiro atoms. The van der Waals surface area contributed by atoms with Gasteiger partial charge in [0.25, 0.3) is 5.89 Å². The van der Waals surface area contributed by atoms with Crippen molar-refractivity contribution in [2.75, 3.05) is 0 Å². The number of benzene rings is 2.